The lowest BCUT2D eigenvalue weighted by atomic mass is 10.2. The monoisotopic (exact) mass is 216 g/mol. The van der Waals surface area contributed by atoms with Gasteiger partial charge >= 0.3 is 0 Å². The summed E-state index contributed by atoms with van der Waals surface area (Å²) in [4.78, 5) is 11.0. The molecule has 0 rings (SSSR count). The molecule has 0 spiro atoms. The Morgan fingerprint density at radius 1 is 1.13 bits per heavy atom. The second kappa shape index (κ2) is 11.5. The van der Waals surface area contributed by atoms with Crippen molar-refractivity contribution in [3.63, 3.8) is 0 Å². The SMILES string of the molecule is CCNC(=O)CCNCCCCCCO. The van der Waals surface area contributed by atoms with Crippen LogP contribution in [0.25, 0.3) is 0 Å². The molecule has 0 fully saturated rings. The third-order valence-electron chi connectivity index (χ3n) is 2.16. The molecular weight excluding hydrogens is 192 g/mol. The number of hydrogen-bond donors (Lipinski definition) is 3. The number of rotatable bonds is 10. The van der Waals surface area contributed by atoms with Crippen LogP contribution in [-0.2, 0) is 4.79 Å². The van der Waals surface area contributed by atoms with Gasteiger partial charge in [-0.2, -0.15) is 0 Å². The minimum Gasteiger partial charge on any atom is -0.396 e. The molecule has 4 heteroatoms. The fourth-order valence-corrected chi connectivity index (χ4v) is 1.33. The lowest BCUT2D eigenvalue weighted by Gasteiger charge is -2.04. The molecule has 0 heterocycles. The van der Waals surface area contributed by atoms with Crippen molar-refractivity contribution >= 4 is 5.91 Å². The van der Waals surface area contributed by atoms with E-state index >= 15 is 0 Å². The van der Waals surface area contributed by atoms with Crippen LogP contribution in [0.5, 0.6) is 0 Å². The molecule has 15 heavy (non-hydrogen) atoms. The molecule has 90 valence electrons. The first-order valence-corrected chi connectivity index (χ1v) is 5.89. The van der Waals surface area contributed by atoms with E-state index in [-0.39, 0.29) is 5.91 Å². The summed E-state index contributed by atoms with van der Waals surface area (Å²) < 4.78 is 0. The summed E-state index contributed by atoms with van der Waals surface area (Å²) in [6, 6.07) is 0. The highest BCUT2D eigenvalue weighted by Crippen LogP contribution is 1.97. The minimum atomic E-state index is 0.116. The third-order valence-corrected chi connectivity index (χ3v) is 2.16. The van der Waals surface area contributed by atoms with Crippen LogP contribution in [0.3, 0.4) is 0 Å². The first-order valence-electron chi connectivity index (χ1n) is 5.89. The summed E-state index contributed by atoms with van der Waals surface area (Å²) in [7, 11) is 0. The molecule has 4 nitrogen and oxygen atoms in total. The van der Waals surface area contributed by atoms with Gasteiger partial charge in [0, 0.05) is 26.1 Å². The maximum Gasteiger partial charge on any atom is 0.221 e. The number of amides is 1. The maximum atomic E-state index is 11.0. The Kier molecular flexibility index (Phi) is 11.0. The van der Waals surface area contributed by atoms with E-state index in [0.29, 0.717) is 19.6 Å². The third kappa shape index (κ3) is 11.3. The molecule has 0 saturated heterocycles. The quantitative estimate of drug-likeness (QED) is 0.470. The van der Waals surface area contributed by atoms with Crippen molar-refractivity contribution in [1.82, 2.24) is 10.6 Å². The van der Waals surface area contributed by atoms with E-state index in [0.717, 1.165) is 38.8 Å². The second-order valence-electron chi connectivity index (χ2n) is 3.59. The van der Waals surface area contributed by atoms with Crippen molar-refractivity contribution in [3.05, 3.63) is 0 Å². The Hall–Kier alpha value is -0.610. The standard InChI is InChI=1S/C11H24N2O2/c1-2-13-11(15)7-9-12-8-5-3-4-6-10-14/h12,14H,2-10H2,1H3,(H,13,15). The molecule has 0 aliphatic rings. The number of carbonyl (C=O) groups excluding carboxylic acids is 1. The Morgan fingerprint density at radius 2 is 1.87 bits per heavy atom. The summed E-state index contributed by atoms with van der Waals surface area (Å²) in [6.07, 6.45) is 4.82. The highest BCUT2D eigenvalue weighted by atomic mass is 16.2. The summed E-state index contributed by atoms with van der Waals surface area (Å²) in [5.74, 6) is 0.116. The van der Waals surface area contributed by atoms with E-state index in [1.165, 1.54) is 0 Å². The molecule has 0 radical (unpaired) electrons. The van der Waals surface area contributed by atoms with E-state index in [2.05, 4.69) is 10.6 Å². The zero-order valence-electron chi connectivity index (χ0n) is 9.72. The molecule has 3 N–H and O–H groups in total. The Balaban J connectivity index is 3.01. The van der Waals surface area contributed by atoms with Gasteiger partial charge in [0.05, 0.1) is 0 Å². The molecule has 0 unspecified atom stereocenters. The van der Waals surface area contributed by atoms with Crippen LogP contribution in [-0.4, -0.2) is 37.3 Å². The first-order chi connectivity index (χ1) is 7.31. The number of carbonyl (C=O) groups is 1. The van der Waals surface area contributed by atoms with Crippen molar-refractivity contribution in [2.24, 2.45) is 0 Å². The number of nitrogens with one attached hydrogen (secondary N) is 2. The molecule has 0 aliphatic heterocycles. The van der Waals surface area contributed by atoms with Gasteiger partial charge in [-0.05, 0) is 26.3 Å². The van der Waals surface area contributed by atoms with Gasteiger partial charge in [0.1, 0.15) is 0 Å². The predicted octanol–water partition coefficient (Wildman–Crippen LogP) is 0.655. The van der Waals surface area contributed by atoms with Crippen molar-refractivity contribution < 1.29 is 9.90 Å². The summed E-state index contributed by atoms with van der Waals surface area (Å²) >= 11 is 0. The number of aliphatic hydroxyl groups is 1. The Bertz CT molecular complexity index is 152. The molecule has 1 amide bonds. The van der Waals surface area contributed by atoms with Crippen LogP contribution in [0.1, 0.15) is 39.0 Å². The number of unbranched alkanes of at least 4 members (excludes halogenated alkanes) is 3. The molecule has 0 bridgehead atoms. The summed E-state index contributed by atoms with van der Waals surface area (Å²) in [5, 5.41) is 14.5. The van der Waals surface area contributed by atoms with Crippen LogP contribution in [0, 0.1) is 0 Å². The van der Waals surface area contributed by atoms with Gasteiger partial charge in [-0.25, -0.2) is 0 Å². The minimum absolute atomic E-state index is 0.116. The van der Waals surface area contributed by atoms with Gasteiger partial charge in [0.15, 0.2) is 0 Å². The van der Waals surface area contributed by atoms with Crippen molar-refractivity contribution in [3.8, 4) is 0 Å². The second-order valence-corrected chi connectivity index (χ2v) is 3.59. The fraction of sp³-hybridized carbons (Fsp3) is 0.909. The van der Waals surface area contributed by atoms with E-state index in [1.54, 1.807) is 0 Å². The smallest absolute Gasteiger partial charge is 0.221 e. The van der Waals surface area contributed by atoms with E-state index in [9.17, 15) is 4.79 Å². The highest BCUT2D eigenvalue weighted by molar-refractivity contribution is 5.75. The van der Waals surface area contributed by atoms with Crippen molar-refractivity contribution in [1.29, 1.82) is 0 Å². The fourth-order valence-electron chi connectivity index (χ4n) is 1.33. The average Bonchev–Trinajstić information content (AvgIpc) is 2.22. The van der Waals surface area contributed by atoms with Gasteiger partial charge in [0.2, 0.25) is 5.91 Å². The molecule has 0 aromatic heterocycles. The normalized spacial score (nSPS) is 10.3. The lowest BCUT2D eigenvalue weighted by Crippen LogP contribution is -2.27. The molecule has 0 aromatic carbocycles. The molecular formula is C11H24N2O2. The van der Waals surface area contributed by atoms with Crippen molar-refractivity contribution in [2.75, 3.05) is 26.2 Å². The maximum absolute atomic E-state index is 11.0. The van der Waals surface area contributed by atoms with Gasteiger partial charge in [0.25, 0.3) is 0 Å². The summed E-state index contributed by atoms with van der Waals surface area (Å²) in [6.45, 7) is 4.65. The van der Waals surface area contributed by atoms with E-state index < -0.39 is 0 Å². The highest BCUT2D eigenvalue weighted by Gasteiger charge is 1.97. The first kappa shape index (κ1) is 14.4. The molecule has 0 aromatic rings. The molecule has 0 aliphatic carbocycles. The van der Waals surface area contributed by atoms with Crippen LogP contribution in [0.15, 0.2) is 0 Å². The van der Waals surface area contributed by atoms with E-state index in [1.807, 2.05) is 6.92 Å². The molecule has 0 saturated carbocycles. The Labute approximate surface area is 92.4 Å². The predicted molar refractivity (Wildman–Crippen MR) is 61.7 cm³/mol. The zero-order valence-corrected chi connectivity index (χ0v) is 9.72. The van der Waals surface area contributed by atoms with Crippen LogP contribution >= 0.6 is 0 Å². The topological polar surface area (TPSA) is 61.4 Å². The van der Waals surface area contributed by atoms with Crippen LogP contribution < -0.4 is 10.6 Å². The van der Waals surface area contributed by atoms with Crippen LogP contribution in [0.4, 0.5) is 0 Å². The van der Waals surface area contributed by atoms with Gasteiger partial charge in [-0.3, -0.25) is 4.79 Å². The number of hydrogen-bond acceptors (Lipinski definition) is 3. The van der Waals surface area contributed by atoms with Gasteiger partial charge in [-0.1, -0.05) is 12.8 Å². The number of aliphatic hydroxyl groups excluding tert-OH is 1. The Morgan fingerprint density at radius 3 is 2.53 bits per heavy atom. The lowest BCUT2D eigenvalue weighted by molar-refractivity contribution is -0.120. The van der Waals surface area contributed by atoms with E-state index in [4.69, 9.17) is 5.11 Å². The van der Waals surface area contributed by atoms with Gasteiger partial charge in [-0.15, -0.1) is 0 Å². The zero-order chi connectivity index (χ0) is 11.4. The molecule has 0 atom stereocenters. The largest absolute Gasteiger partial charge is 0.396 e. The van der Waals surface area contributed by atoms with Gasteiger partial charge < -0.3 is 15.7 Å². The average molecular weight is 216 g/mol. The van der Waals surface area contributed by atoms with Crippen molar-refractivity contribution in [2.45, 2.75) is 39.0 Å². The van der Waals surface area contributed by atoms with Crippen LogP contribution in [0.2, 0.25) is 0 Å². The summed E-state index contributed by atoms with van der Waals surface area (Å²) in [5.41, 5.74) is 0.